The minimum atomic E-state index is 0.809. The van der Waals surface area contributed by atoms with E-state index in [-0.39, 0.29) is 0 Å². The van der Waals surface area contributed by atoms with Crippen LogP contribution in [0.1, 0.15) is 16.3 Å². The summed E-state index contributed by atoms with van der Waals surface area (Å²) in [6.07, 6.45) is 0.902. The smallest absolute Gasteiger partial charge is 0.0972 e. The Labute approximate surface area is 87.4 Å². The molecule has 1 aromatic heterocycles. The van der Waals surface area contributed by atoms with Gasteiger partial charge < -0.3 is 5.73 Å². The van der Waals surface area contributed by atoms with Crippen molar-refractivity contribution in [1.29, 1.82) is 0 Å². The van der Waals surface area contributed by atoms with Crippen molar-refractivity contribution in [2.45, 2.75) is 13.3 Å². The molecule has 72 valence electrons. The number of nitrogens with two attached hydrogens (primary N) is 1. The van der Waals surface area contributed by atoms with Crippen molar-refractivity contribution in [2.75, 3.05) is 5.73 Å². The third kappa shape index (κ3) is 2.12. The first-order chi connectivity index (χ1) is 6.74. The van der Waals surface area contributed by atoms with Crippen molar-refractivity contribution >= 4 is 17.0 Å². The highest BCUT2D eigenvalue weighted by molar-refractivity contribution is 7.09. The van der Waals surface area contributed by atoms with E-state index in [1.54, 1.807) is 11.3 Å². The van der Waals surface area contributed by atoms with E-state index in [4.69, 9.17) is 5.73 Å². The van der Waals surface area contributed by atoms with Gasteiger partial charge in [-0.2, -0.15) is 0 Å². The summed E-state index contributed by atoms with van der Waals surface area (Å²) in [6.45, 7) is 2.02. The Morgan fingerprint density at radius 2 is 2.00 bits per heavy atom. The molecule has 1 heterocycles. The lowest BCUT2D eigenvalue weighted by molar-refractivity contribution is 1.10. The molecular formula is C11H12N2S. The van der Waals surface area contributed by atoms with Gasteiger partial charge >= 0.3 is 0 Å². The van der Waals surface area contributed by atoms with E-state index in [0.717, 1.165) is 22.8 Å². The highest BCUT2D eigenvalue weighted by Crippen LogP contribution is 2.15. The lowest BCUT2D eigenvalue weighted by atomic mass is 10.1. The Hall–Kier alpha value is -1.35. The molecule has 1 aromatic carbocycles. The van der Waals surface area contributed by atoms with Crippen LogP contribution in [0.5, 0.6) is 0 Å². The van der Waals surface area contributed by atoms with E-state index in [2.05, 4.69) is 10.4 Å². The van der Waals surface area contributed by atoms with Crippen LogP contribution in [0.15, 0.2) is 29.6 Å². The second-order valence-corrected chi connectivity index (χ2v) is 4.24. The number of hydrogen-bond acceptors (Lipinski definition) is 3. The second-order valence-electron chi connectivity index (χ2n) is 3.30. The first-order valence-electron chi connectivity index (χ1n) is 4.49. The number of nitrogens with zero attached hydrogens (tertiary/aromatic N) is 1. The molecule has 0 spiro atoms. The summed E-state index contributed by atoms with van der Waals surface area (Å²) >= 11 is 1.71. The number of aromatic nitrogens is 1. The molecule has 2 nitrogen and oxygen atoms in total. The fraction of sp³-hybridized carbons (Fsp3) is 0.182. The average molecular weight is 204 g/mol. The van der Waals surface area contributed by atoms with E-state index in [1.807, 2.05) is 31.2 Å². The molecule has 0 bridgehead atoms. The SMILES string of the molecule is Cc1csc(Cc2ccc(N)cc2)n1. The summed E-state index contributed by atoms with van der Waals surface area (Å²) in [6, 6.07) is 7.95. The first-order valence-corrected chi connectivity index (χ1v) is 5.37. The van der Waals surface area contributed by atoms with Gasteiger partial charge in [0.05, 0.1) is 5.01 Å². The van der Waals surface area contributed by atoms with Crippen molar-refractivity contribution in [2.24, 2.45) is 0 Å². The first kappa shape index (κ1) is 9.21. The monoisotopic (exact) mass is 204 g/mol. The second kappa shape index (κ2) is 3.80. The van der Waals surface area contributed by atoms with Gasteiger partial charge in [0, 0.05) is 23.2 Å². The van der Waals surface area contributed by atoms with Crippen LogP contribution >= 0.6 is 11.3 Å². The van der Waals surface area contributed by atoms with Crippen molar-refractivity contribution < 1.29 is 0 Å². The minimum absolute atomic E-state index is 0.809. The molecule has 0 amide bonds. The Morgan fingerprint density at radius 1 is 1.29 bits per heavy atom. The number of rotatable bonds is 2. The van der Waals surface area contributed by atoms with Crippen LogP contribution in [0, 0.1) is 6.92 Å². The van der Waals surface area contributed by atoms with Gasteiger partial charge in [0.1, 0.15) is 0 Å². The molecule has 0 radical (unpaired) electrons. The summed E-state index contributed by atoms with van der Waals surface area (Å²) in [5, 5.41) is 3.24. The van der Waals surface area contributed by atoms with E-state index in [0.29, 0.717) is 0 Å². The van der Waals surface area contributed by atoms with Gasteiger partial charge in [0.15, 0.2) is 0 Å². The fourth-order valence-corrected chi connectivity index (χ4v) is 2.10. The molecule has 0 aliphatic carbocycles. The molecule has 3 heteroatoms. The zero-order chi connectivity index (χ0) is 9.97. The molecule has 0 saturated heterocycles. The third-order valence-corrected chi connectivity index (χ3v) is 2.97. The van der Waals surface area contributed by atoms with Crippen molar-refractivity contribution in [3.05, 3.63) is 45.9 Å². The molecule has 0 saturated carbocycles. The summed E-state index contributed by atoms with van der Waals surface area (Å²) in [7, 11) is 0. The summed E-state index contributed by atoms with van der Waals surface area (Å²) in [4.78, 5) is 4.42. The van der Waals surface area contributed by atoms with Crippen molar-refractivity contribution in [3.8, 4) is 0 Å². The van der Waals surface area contributed by atoms with Gasteiger partial charge in [0.2, 0.25) is 0 Å². The highest BCUT2D eigenvalue weighted by Gasteiger charge is 1.99. The van der Waals surface area contributed by atoms with Crippen LogP contribution in [-0.2, 0) is 6.42 Å². The highest BCUT2D eigenvalue weighted by atomic mass is 32.1. The number of benzene rings is 1. The number of anilines is 1. The lowest BCUT2D eigenvalue weighted by Crippen LogP contribution is -1.89. The third-order valence-electron chi connectivity index (χ3n) is 2.00. The summed E-state index contributed by atoms with van der Waals surface area (Å²) in [5.74, 6) is 0. The van der Waals surface area contributed by atoms with E-state index >= 15 is 0 Å². The summed E-state index contributed by atoms with van der Waals surface area (Å²) in [5.41, 5.74) is 8.78. The Bertz CT molecular complexity index is 417. The fourth-order valence-electron chi connectivity index (χ4n) is 1.29. The van der Waals surface area contributed by atoms with Gasteiger partial charge in [-0.25, -0.2) is 4.98 Å². The van der Waals surface area contributed by atoms with Crippen LogP contribution in [-0.4, -0.2) is 4.98 Å². The molecule has 2 rings (SSSR count). The van der Waals surface area contributed by atoms with Crippen LogP contribution in [0.4, 0.5) is 5.69 Å². The molecule has 2 N–H and O–H groups in total. The largest absolute Gasteiger partial charge is 0.399 e. The van der Waals surface area contributed by atoms with Gasteiger partial charge in [0.25, 0.3) is 0 Å². The van der Waals surface area contributed by atoms with Gasteiger partial charge in [-0.1, -0.05) is 12.1 Å². The zero-order valence-corrected chi connectivity index (χ0v) is 8.84. The predicted molar refractivity (Wildman–Crippen MR) is 60.5 cm³/mol. The van der Waals surface area contributed by atoms with Crippen LogP contribution in [0.3, 0.4) is 0 Å². The Balaban J connectivity index is 2.15. The number of nitrogen functional groups attached to an aromatic ring is 1. The van der Waals surface area contributed by atoms with E-state index in [1.165, 1.54) is 5.56 Å². The normalized spacial score (nSPS) is 10.4. The number of hydrogen-bond donors (Lipinski definition) is 1. The number of aryl methyl sites for hydroxylation is 1. The molecule has 2 aromatic rings. The van der Waals surface area contributed by atoms with Gasteiger partial charge in [-0.15, -0.1) is 11.3 Å². The minimum Gasteiger partial charge on any atom is -0.399 e. The van der Waals surface area contributed by atoms with Crippen LogP contribution in [0.25, 0.3) is 0 Å². The molecule has 0 atom stereocenters. The molecule has 0 fully saturated rings. The van der Waals surface area contributed by atoms with E-state index in [9.17, 15) is 0 Å². The van der Waals surface area contributed by atoms with Crippen molar-refractivity contribution in [1.82, 2.24) is 4.98 Å². The summed E-state index contributed by atoms with van der Waals surface area (Å²) < 4.78 is 0. The lowest BCUT2D eigenvalue weighted by Gasteiger charge is -1.98. The molecule has 0 aliphatic heterocycles. The maximum Gasteiger partial charge on any atom is 0.0972 e. The average Bonchev–Trinajstić information content (AvgIpc) is 2.56. The molecule has 0 aliphatic rings. The van der Waals surface area contributed by atoms with Crippen LogP contribution in [0.2, 0.25) is 0 Å². The maximum absolute atomic E-state index is 5.61. The number of thiazole rings is 1. The maximum atomic E-state index is 5.61. The quantitative estimate of drug-likeness (QED) is 0.764. The van der Waals surface area contributed by atoms with Gasteiger partial charge in [-0.3, -0.25) is 0 Å². The molecular weight excluding hydrogens is 192 g/mol. The van der Waals surface area contributed by atoms with E-state index < -0.39 is 0 Å². The van der Waals surface area contributed by atoms with Gasteiger partial charge in [-0.05, 0) is 24.6 Å². The molecule has 0 unspecified atom stereocenters. The molecule has 14 heavy (non-hydrogen) atoms. The van der Waals surface area contributed by atoms with Crippen molar-refractivity contribution in [3.63, 3.8) is 0 Å². The Kier molecular flexibility index (Phi) is 2.50. The topological polar surface area (TPSA) is 38.9 Å². The zero-order valence-electron chi connectivity index (χ0n) is 8.03. The Morgan fingerprint density at radius 3 is 2.57 bits per heavy atom. The standard InChI is InChI=1S/C11H12N2S/c1-8-7-14-11(13-8)6-9-2-4-10(12)5-3-9/h2-5,7H,6,12H2,1H3. The van der Waals surface area contributed by atoms with Crippen LogP contribution < -0.4 is 5.73 Å². The predicted octanol–water partition coefficient (Wildman–Crippen LogP) is 2.62.